The van der Waals surface area contributed by atoms with E-state index in [1.165, 1.54) is 6.33 Å². The summed E-state index contributed by atoms with van der Waals surface area (Å²) >= 11 is 0. The lowest BCUT2D eigenvalue weighted by molar-refractivity contribution is -0.107. The smallest absolute Gasteiger partial charge is 0.162 e. The molecule has 0 saturated heterocycles. The molecule has 1 atom stereocenters. The van der Waals surface area contributed by atoms with Gasteiger partial charge in [-0.2, -0.15) is 0 Å². The second kappa shape index (κ2) is 2.89. The second-order valence-corrected chi connectivity index (χ2v) is 2.60. The van der Waals surface area contributed by atoms with Crippen LogP contribution in [0.15, 0.2) is 6.33 Å². The van der Waals surface area contributed by atoms with Gasteiger partial charge in [0.2, 0.25) is 0 Å². The van der Waals surface area contributed by atoms with Crippen LogP contribution in [0.4, 0.5) is 17.3 Å². The van der Waals surface area contributed by atoms with Crippen molar-refractivity contribution in [2.24, 2.45) is 0 Å². The molecule has 2 heterocycles. The van der Waals surface area contributed by atoms with Crippen LogP contribution in [0.2, 0.25) is 0 Å². The molecule has 1 aliphatic heterocycles. The summed E-state index contributed by atoms with van der Waals surface area (Å²) in [6, 6.07) is 0. The van der Waals surface area contributed by atoms with Gasteiger partial charge in [0.15, 0.2) is 24.1 Å². The van der Waals surface area contributed by atoms with Gasteiger partial charge in [-0.1, -0.05) is 0 Å². The first kappa shape index (κ1) is 7.78. The van der Waals surface area contributed by atoms with Gasteiger partial charge in [0.05, 0.1) is 0 Å². The summed E-state index contributed by atoms with van der Waals surface area (Å²) in [5.41, 5.74) is 0.738. The van der Waals surface area contributed by atoms with Crippen molar-refractivity contribution in [3.05, 3.63) is 6.33 Å². The van der Waals surface area contributed by atoms with E-state index in [2.05, 4.69) is 25.9 Å². The summed E-state index contributed by atoms with van der Waals surface area (Å²) in [5, 5.41) is 8.73. The topological polar surface area (TPSA) is 78.9 Å². The molecule has 0 aromatic carbocycles. The summed E-state index contributed by atoms with van der Waals surface area (Å²) in [6.07, 6.45) is 1.81. The molecule has 0 saturated carbocycles. The summed E-state index contributed by atoms with van der Waals surface area (Å²) in [5.74, 6) is 1.33. The van der Waals surface area contributed by atoms with Crippen LogP contribution >= 0.6 is 0 Å². The highest BCUT2D eigenvalue weighted by Crippen LogP contribution is 2.31. The van der Waals surface area contributed by atoms with Gasteiger partial charge in [0, 0.05) is 7.05 Å². The largest absolute Gasteiger partial charge is 0.371 e. The Morgan fingerprint density at radius 2 is 2.38 bits per heavy atom. The molecule has 2 rings (SSSR count). The van der Waals surface area contributed by atoms with Crippen molar-refractivity contribution in [1.29, 1.82) is 0 Å². The molecule has 1 aromatic heterocycles. The van der Waals surface area contributed by atoms with Crippen LogP contribution in [0.25, 0.3) is 0 Å². The number of fused-ring (bicyclic) bond motifs is 1. The fourth-order valence-electron chi connectivity index (χ4n) is 1.23. The molecular formula is C7H9N5O. The molecule has 0 radical (unpaired) electrons. The van der Waals surface area contributed by atoms with E-state index in [1.54, 1.807) is 7.05 Å². The minimum Gasteiger partial charge on any atom is -0.371 e. The van der Waals surface area contributed by atoms with E-state index in [0.717, 1.165) is 12.0 Å². The lowest BCUT2D eigenvalue weighted by Crippen LogP contribution is -2.23. The third-order valence-corrected chi connectivity index (χ3v) is 1.81. The zero-order chi connectivity index (χ0) is 9.26. The van der Waals surface area contributed by atoms with Gasteiger partial charge in [-0.3, -0.25) is 4.79 Å². The van der Waals surface area contributed by atoms with E-state index < -0.39 is 6.17 Å². The van der Waals surface area contributed by atoms with Gasteiger partial charge >= 0.3 is 0 Å². The fraction of sp³-hybridized carbons (Fsp3) is 0.286. The summed E-state index contributed by atoms with van der Waals surface area (Å²) < 4.78 is 0. The SMILES string of the molecule is CNc1ncnc2c1NC(C=O)N2. The van der Waals surface area contributed by atoms with Crippen molar-refractivity contribution in [2.45, 2.75) is 6.17 Å². The molecule has 0 amide bonds. The molecule has 6 heteroatoms. The van der Waals surface area contributed by atoms with Gasteiger partial charge in [0.1, 0.15) is 12.0 Å². The number of carbonyl (C=O) groups excluding carboxylic acids is 1. The van der Waals surface area contributed by atoms with Gasteiger partial charge < -0.3 is 16.0 Å². The first-order valence-electron chi connectivity index (χ1n) is 3.86. The molecule has 0 aliphatic carbocycles. The molecule has 13 heavy (non-hydrogen) atoms. The number of aromatic nitrogens is 2. The quantitative estimate of drug-likeness (QED) is 0.549. The zero-order valence-electron chi connectivity index (χ0n) is 7.03. The van der Waals surface area contributed by atoms with Crippen LogP contribution in [-0.2, 0) is 4.79 Å². The van der Waals surface area contributed by atoms with Crippen molar-refractivity contribution >= 4 is 23.6 Å². The van der Waals surface area contributed by atoms with E-state index in [-0.39, 0.29) is 0 Å². The molecule has 1 unspecified atom stereocenters. The van der Waals surface area contributed by atoms with Crippen molar-refractivity contribution < 1.29 is 4.79 Å². The zero-order valence-corrected chi connectivity index (χ0v) is 7.03. The number of rotatable bonds is 2. The molecular weight excluding hydrogens is 170 g/mol. The van der Waals surface area contributed by atoms with Crippen LogP contribution in [0.5, 0.6) is 0 Å². The Morgan fingerprint density at radius 1 is 1.54 bits per heavy atom. The predicted octanol–water partition coefficient (Wildman–Crippen LogP) is -0.119. The fourth-order valence-corrected chi connectivity index (χ4v) is 1.23. The maximum absolute atomic E-state index is 10.5. The lowest BCUT2D eigenvalue weighted by Gasteiger charge is -2.04. The van der Waals surface area contributed by atoms with Gasteiger partial charge in [-0.05, 0) is 0 Å². The monoisotopic (exact) mass is 179 g/mol. The van der Waals surface area contributed by atoms with Crippen LogP contribution in [-0.4, -0.2) is 29.5 Å². The van der Waals surface area contributed by atoms with Crippen LogP contribution in [0, 0.1) is 0 Å². The normalized spacial score (nSPS) is 18.4. The Kier molecular flexibility index (Phi) is 1.73. The van der Waals surface area contributed by atoms with Gasteiger partial charge in [-0.15, -0.1) is 0 Å². The molecule has 0 fully saturated rings. The van der Waals surface area contributed by atoms with Crippen molar-refractivity contribution in [3.8, 4) is 0 Å². The second-order valence-electron chi connectivity index (χ2n) is 2.60. The Balaban J connectivity index is 2.38. The highest BCUT2D eigenvalue weighted by molar-refractivity contribution is 5.86. The number of nitrogens with zero attached hydrogens (tertiary/aromatic N) is 2. The van der Waals surface area contributed by atoms with Crippen molar-refractivity contribution in [3.63, 3.8) is 0 Å². The Labute approximate surface area is 74.8 Å². The molecule has 6 nitrogen and oxygen atoms in total. The van der Waals surface area contributed by atoms with Gasteiger partial charge in [-0.25, -0.2) is 9.97 Å². The lowest BCUT2D eigenvalue weighted by atomic mass is 10.4. The molecule has 68 valence electrons. The molecule has 0 bridgehead atoms. The van der Waals surface area contributed by atoms with E-state index in [1.807, 2.05) is 0 Å². The van der Waals surface area contributed by atoms with E-state index in [9.17, 15) is 4.79 Å². The number of anilines is 3. The number of hydrogen-bond donors (Lipinski definition) is 3. The summed E-state index contributed by atoms with van der Waals surface area (Å²) in [7, 11) is 1.76. The number of nitrogens with one attached hydrogen (secondary N) is 3. The van der Waals surface area contributed by atoms with Crippen molar-refractivity contribution in [1.82, 2.24) is 9.97 Å². The van der Waals surface area contributed by atoms with Gasteiger partial charge in [0.25, 0.3) is 0 Å². The first-order chi connectivity index (χ1) is 6.35. The average Bonchev–Trinajstić information content (AvgIpc) is 2.59. The summed E-state index contributed by atoms with van der Waals surface area (Å²) in [4.78, 5) is 18.5. The maximum atomic E-state index is 10.5. The average molecular weight is 179 g/mol. The highest BCUT2D eigenvalue weighted by Gasteiger charge is 2.22. The van der Waals surface area contributed by atoms with E-state index in [0.29, 0.717) is 11.6 Å². The van der Waals surface area contributed by atoms with E-state index >= 15 is 0 Å². The van der Waals surface area contributed by atoms with E-state index in [4.69, 9.17) is 0 Å². The number of aldehydes is 1. The van der Waals surface area contributed by atoms with Crippen molar-refractivity contribution in [2.75, 3.05) is 23.0 Å². The molecule has 3 N–H and O–H groups in total. The maximum Gasteiger partial charge on any atom is 0.162 e. The minimum absolute atomic E-state index is 0.404. The number of carbonyl (C=O) groups is 1. The van der Waals surface area contributed by atoms with Crippen LogP contribution in [0.3, 0.4) is 0 Å². The molecule has 1 aliphatic rings. The third-order valence-electron chi connectivity index (χ3n) is 1.81. The first-order valence-corrected chi connectivity index (χ1v) is 3.86. The minimum atomic E-state index is -0.404. The van der Waals surface area contributed by atoms with Crippen LogP contribution < -0.4 is 16.0 Å². The summed E-state index contributed by atoms with van der Waals surface area (Å²) in [6.45, 7) is 0. The predicted molar refractivity (Wildman–Crippen MR) is 48.7 cm³/mol. The Morgan fingerprint density at radius 3 is 3.08 bits per heavy atom. The Bertz CT molecular complexity index is 340. The Hall–Kier alpha value is -1.85. The molecule has 0 spiro atoms. The van der Waals surface area contributed by atoms with Crippen LogP contribution in [0.1, 0.15) is 0 Å². The molecule has 1 aromatic rings. The highest BCUT2D eigenvalue weighted by atomic mass is 16.1. The number of hydrogen-bond acceptors (Lipinski definition) is 6. The standard InChI is InChI=1S/C7H9N5O/c1-8-6-5-7(10-3-9-6)12-4(2-13)11-5/h2-4,11H,1H3,(H2,8,9,10,12). The third kappa shape index (κ3) is 1.16.